The normalized spacial score (nSPS) is 14.7. The number of amides is 3. The Morgan fingerprint density at radius 2 is 1.41 bits per heavy atom. The number of hydrogen-bond donors (Lipinski definition) is 9. The molecule has 5 atom stereocenters. The van der Waals surface area contributed by atoms with E-state index in [1.165, 1.54) is 0 Å². The van der Waals surface area contributed by atoms with Crippen molar-refractivity contribution >= 4 is 41.6 Å². The second-order valence-electron chi connectivity index (χ2n) is 8.42. The molecule has 0 aliphatic carbocycles. The van der Waals surface area contributed by atoms with Crippen molar-refractivity contribution in [3.8, 4) is 0 Å². The maximum atomic E-state index is 12.8. The van der Waals surface area contributed by atoms with Crippen LogP contribution < -0.4 is 33.2 Å². The fraction of sp³-hybridized carbons (Fsp3) is 0.667. The Hall–Kier alpha value is -3.95. The number of rotatable bonds is 18. The summed E-state index contributed by atoms with van der Waals surface area (Å²) >= 11 is 0. The zero-order chi connectivity index (χ0) is 28.7. The van der Waals surface area contributed by atoms with Crippen LogP contribution in [0.5, 0.6) is 0 Å². The lowest BCUT2D eigenvalue weighted by Crippen LogP contribution is -2.58. The van der Waals surface area contributed by atoms with Crippen molar-refractivity contribution in [2.24, 2.45) is 28.1 Å². The highest BCUT2D eigenvalue weighted by Crippen LogP contribution is 2.10. The van der Waals surface area contributed by atoms with Crippen LogP contribution in [0.1, 0.15) is 52.4 Å². The second-order valence-corrected chi connectivity index (χ2v) is 8.42. The Kier molecular flexibility index (Phi) is 14.9. The highest BCUT2D eigenvalue weighted by Gasteiger charge is 2.32. The molecular weight excluding hydrogens is 494 g/mol. The van der Waals surface area contributed by atoms with Crippen molar-refractivity contribution in [2.75, 3.05) is 6.54 Å². The third-order valence-corrected chi connectivity index (χ3v) is 5.37. The summed E-state index contributed by atoms with van der Waals surface area (Å²) in [6.45, 7) is 3.49. The third kappa shape index (κ3) is 13.6. The van der Waals surface area contributed by atoms with Crippen LogP contribution in [0, 0.1) is 5.92 Å². The number of hydrogen-bond acceptors (Lipinski definition) is 8. The SMILES string of the molecule is CCC(C)C(NC(=O)C(CCC(=O)O)NC(=O)C(CC(=O)O)NC(=O)C(N)CCCN=C(N)N)C(=O)O. The minimum absolute atomic E-state index is 0.111. The maximum Gasteiger partial charge on any atom is 0.326 e. The van der Waals surface area contributed by atoms with E-state index in [0.717, 1.165) is 0 Å². The molecule has 210 valence electrons. The predicted octanol–water partition coefficient (Wildman–Crippen LogP) is -2.71. The molecule has 0 aliphatic heterocycles. The number of nitrogens with one attached hydrogen (secondary N) is 3. The second kappa shape index (κ2) is 16.7. The van der Waals surface area contributed by atoms with Crippen LogP contribution in [0.4, 0.5) is 0 Å². The van der Waals surface area contributed by atoms with Gasteiger partial charge in [-0.25, -0.2) is 4.79 Å². The highest BCUT2D eigenvalue weighted by molar-refractivity contribution is 5.95. The van der Waals surface area contributed by atoms with E-state index in [-0.39, 0.29) is 18.9 Å². The van der Waals surface area contributed by atoms with E-state index in [9.17, 15) is 39.0 Å². The molecule has 0 spiro atoms. The molecular formula is C21H37N7O9. The van der Waals surface area contributed by atoms with E-state index in [1.54, 1.807) is 13.8 Å². The fourth-order valence-electron chi connectivity index (χ4n) is 3.06. The Labute approximate surface area is 213 Å². The molecule has 0 aromatic rings. The van der Waals surface area contributed by atoms with Gasteiger partial charge in [-0.3, -0.25) is 29.0 Å². The molecule has 16 nitrogen and oxygen atoms in total. The molecule has 0 bridgehead atoms. The summed E-state index contributed by atoms with van der Waals surface area (Å²) in [7, 11) is 0. The number of aliphatic carboxylic acids is 3. The Bertz CT molecular complexity index is 861. The molecule has 0 aliphatic rings. The number of guanidine groups is 1. The Morgan fingerprint density at radius 1 is 0.838 bits per heavy atom. The quantitative estimate of drug-likeness (QED) is 0.0495. The zero-order valence-electron chi connectivity index (χ0n) is 20.8. The van der Waals surface area contributed by atoms with Gasteiger partial charge in [-0.15, -0.1) is 0 Å². The first-order valence-corrected chi connectivity index (χ1v) is 11.6. The van der Waals surface area contributed by atoms with E-state index in [1.807, 2.05) is 0 Å². The average Bonchev–Trinajstić information content (AvgIpc) is 2.80. The lowest BCUT2D eigenvalue weighted by molar-refractivity contribution is -0.144. The van der Waals surface area contributed by atoms with Crippen LogP contribution in [0.2, 0.25) is 0 Å². The summed E-state index contributed by atoms with van der Waals surface area (Å²) in [4.78, 5) is 75.6. The highest BCUT2D eigenvalue weighted by atomic mass is 16.4. The van der Waals surface area contributed by atoms with Gasteiger partial charge in [0.15, 0.2) is 5.96 Å². The van der Waals surface area contributed by atoms with E-state index < -0.39 is 85.0 Å². The van der Waals surface area contributed by atoms with Crippen LogP contribution >= 0.6 is 0 Å². The summed E-state index contributed by atoms with van der Waals surface area (Å²) in [5.41, 5.74) is 16.2. The van der Waals surface area contributed by atoms with Gasteiger partial charge in [0.05, 0.1) is 12.5 Å². The lowest BCUT2D eigenvalue weighted by atomic mass is 9.98. The van der Waals surface area contributed by atoms with E-state index in [4.69, 9.17) is 22.3 Å². The third-order valence-electron chi connectivity index (χ3n) is 5.37. The fourth-order valence-corrected chi connectivity index (χ4v) is 3.06. The van der Waals surface area contributed by atoms with Gasteiger partial charge in [0, 0.05) is 13.0 Å². The van der Waals surface area contributed by atoms with Gasteiger partial charge in [-0.1, -0.05) is 20.3 Å². The molecule has 0 rings (SSSR count). The van der Waals surface area contributed by atoms with Crippen LogP contribution in [-0.2, 0) is 28.8 Å². The summed E-state index contributed by atoms with van der Waals surface area (Å²) in [6, 6.07) is -5.61. The topological polar surface area (TPSA) is 290 Å². The molecule has 12 N–H and O–H groups in total. The summed E-state index contributed by atoms with van der Waals surface area (Å²) in [6.07, 6.45) is -1.01. The van der Waals surface area contributed by atoms with Crippen molar-refractivity contribution < 1.29 is 44.1 Å². The summed E-state index contributed by atoms with van der Waals surface area (Å²) in [5.74, 6) is -7.59. The first kappa shape index (κ1) is 33.0. The molecule has 3 amide bonds. The molecule has 0 saturated carbocycles. The number of nitrogens with zero attached hydrogens (tertiary/aromatic N) is 1. The van der Waals surface area contributed by atoms with Crippen LogP contribution in [0.3, 0.4) is 0 Å². The zero-order valence-corrected chi connectivity index (χ0v) is 20.8. The van der Waals surface area contributed by atoms with Crippen LogP contribution in [-0.4, -0.2) is 87.6 Å². The molecule has 0 fully saturated rings. The van der Waals surface area contributed by atoms with Crippen molar-refractivity contribution in [3.63, 3.8) is 0 Å². The van der Waals surface area contributed by atoms with Crippen LogP contribution in [0.15, 0.2) is 4.99 Å². The number of carbonyl (C=O) groups is 6. The number of carbonyl (C=O) groups excluding carboxylic acids is 3. The summed E-state index contributed by atoms with van der Waals surface area (Å²) in [5, 5.41) is 34.3. The van der Waals surface area contributed by atoms with Crippen molar-refractivity contribution in [1.29, 1.82) is 0 Å². The molecule has 0 heterocycles. The van der Waals surface area contributed by atoms with E-state index in [0.29, 0.717) is 12.8 Å². The first-order valence-electron chi connectivity index (χ1n) is 11.6. The molecule has 16 heteroatoms. The van der Waals surface area contributed by atoms with Crippen LogP contribution in [0.25, 0.3) is 0 Å². The minimum Gasteiger partial charge on any atom is -0.481 e. The van der Waals surface area contributed by atoms with Gasteiger partial charge in [0.25, 0.3) is 0 Å². The predicted molar refractivity (Wildman–Crippen MR) is 130 cm³/mol. The number of aliphatic imine (C=N–C) groups is 1. The van der Waals surface area contributed by atoms with Crippen molar-refractivity contribution in [2.45, 2.75) is 76.5 Å². The maximum absolute atomic E-state index is 12.8. The van der Waals surface area contributed by atoms with Crippen molar-refractivity contribution in [3.05, 3.63) is 0 Å². The Balaban J connectivity index is 5.54. The van der Waals surface area contributed by atoms with Gasteiger partial charge >= 0.3 is 17.9 Å². The largest absolute Gasteiger partial charge is 0.481 e. The molecule has 37 heavy (non-hydrogen) atoms. The van der Waals surface area contributed by atoms with Gasteiger partial charge in [0.1, 0.15) is 18.1 Å². The molecule has 0 radical (unpaired) electrons. The van der Waals surface area contributed by atoms with E-state index >= 15 is 0 Å². The number of nitrogens with two attached hydrogens (primary N) is 3. The lowest BCUT2D eigenvalue weighted by Gasteiger charge is -2.26. The van der Waals surface area contributed by atoms with E-state index in [2.05, 4.69) is 20.9 Å². The molecule has 0 aromatic carbocycles. The molecule has 0 saturated heterocycles. The Morgan fingerprint density at radius 3 is 1.89 bits per heavy atom. The van der Waals surface area contributed by atoms with Crippen molar-refractivity contribution in [1.82, 2.24) is 16.0 Å². The smallest absolute Gasteiger partial charge is 0.326 e. The standard InChI is InChI=1S/C21H37N7O9/c1-3-10(2)16(20(36)37)28-18(34)12(6-7-14(29)30)26-19(35)13(9-15(31)32)27-17(33)11(22)5-4-8-25-21(23)24/h10-13,16H,3-9,22H2,1-2H3,(H,26,35)(H,27,33)(H,28,34)(H,29,30)(H,31,32)(H,36,37)(H4,23,24,25). The van der Waals surface area contributed by atoms with Gasteiger partial charge in [-0.05, 0) is 25.2 Å². The van der Waals surface area contributed by atoms with Gasteiger partial charge in [0.2, 0.25) is 17.7 Å². The molecule has 0 aromatic heterocycles. The molecule has 5 unspecified atom stereocenters. The minimum atomic E-state index is -1.65. The van der Waals surface area contributed by atoms with Gasteiger partial charge in [-0.2, -0.15) is 0 Å². The number of carboxylic acid groups (broad SMARTS) is 3. The first-order chi connectivity index (χ1) is 17.2. The monoisotopic (exact) mass is 531 g/mol. The average molecular weight is 532 g/mol. The van der Waals surface area contributed by atoms with Gasteiger partial charge < -0.3 is 48.5 Å². The summed E-state index contributed by atoms with van der Waals surface area (Å²) < 4.78 is 0. The number of carboxylic acids is 3.